The molecule has 1 aromatic carbocycles. The minimum atomic E-state index is -0.373. The zero-order valence-corrected chi connectivity index (χ0v) is 11.0. The minimum Gasteiger partial charge on any atom is -0.311 e. The van der Waals surface area contributed by atoms with Crippen molar-refractivity contribution in [1.29, 1.82) is 0 Å². The lowest BCUT2D eigenvalue weighted by atomic mass is 10.2. The van der Waals surface area contributed by atoms with Gasteiger partial charge >= 0.3 is 0 Å². The first kappa shape index (κ1) is 13.2. The van der Waals surface area contributed by atoms with Crippen LogP contribution in [0.15, 0.2) is 30.5 Å². The molecule has 19 heavy (non-hydrogen) atoms. The molecule has 2 aromatic rings. The van der Waals surface area contributed by atoms with Crippen LogP contribution in [0.4, 0.5) is 5.69 Å². The summed E-state index contributed by atoms with van der Waals surface area (Å²) in [6, 6.07) is 7.00. The first-order chi connectivity index (χ1) is 9.11. The van der Waals surface area contributed by atoms with E-state index in [1.807, 2.05) is 19.1 Å². The predicted molar refractivity (Wildman–Crippen MR) is 72.3 cm³/mol. The molecule has 0 aliphatic rings. The smallest absolute Gasteiger partial charge is 0.274 e. The van der Waals surface area contributed by atoms with Crippen LogP contribution in [-0.2, 0) is 6.54 Å². The molecule has 0 saturated heterocycles. The molecule has 0 fully saturated rings. The lowest BCUT2D eigenvalue weighted by Crippen LogP contribution is -2.12. The highest BCUT2D eigenvalue weighted by atomic mass is 16.6. The summed E-state index contributed by atoms with van der Waals surface area (Å²) < 4.78 is 1.65. The molecule has 0 amide bonds. The number of hydrogen-bond donors (Lipinski definition) is 1. The Hall–Kier alpha value is -2.21. The van der Waals surface area contributed by atoms with E-state index in [1.165, 1.54) is 0 Å². The fraction of sp³-hybridized carbons (Fsp3) is 0.308. The molecule has 0 saturated carbocycles. The fourth-order valence-electron chi connectivity index (χ4n) is 1.79. The van der Waals surface area contributed by atoms with Crippen molar-refractivity contribution in [3.63, 3.8) is 0 Å². The van der Waals surface area contributed by atoms with E-state index in [4.69, 9.17) is 0 Å². The SMILES string of the molecule is CCNCc1ccn(-c2ccc(C)c([N+](=O)[O-])c2)n1. The van der Waals surface area contributed by atoms with E-state index < -0.39 is 0 Å². The van der Waals surface area contributed by atoms with E-state index in [-0.39, 0.29) is 10.6 Å². The summed E-state index contributed by atoms with van der Waals surface area (Å²) in [5.41, 5.74) is 2.36. The Morgan fingerprint density at radius 1 is 1.42 bits per heavy atom. The second kappa shape index (κ2) is 5.62. The molecule has 0 bridgehead atoms. The number of aromatic nitrogens is 2. The van der Waals surface area contributed by atoms with Crippen molar-refractivity contribution < 1.29 is 4.92 Å². The van der Waals surface area contributed by atoms with Crippen molar-refractivity contribution in [2.45, 2.75) is 20.4 Å². The zero-order chi connectivity index (χ0) is 13.8. The van der Waals surface area contributed by atoms with Gasteiger partial charge in [0, 0.05) is 24.4 Å². The van der Waals surface area contributed by atoms with E-state index in [0.29, 0.717) is 17.8 Å². The molecule has 0 radical (unpaired) electrons. The molecule has 100 valence electrons. The third kappa shape index (κ3) is 2.97. The van der Waals surface area contributed by atoms with Crippen molar-refractivity contribution >= 4 is 5.69 Å². The van der Waals surface area contributed by atoms with Crippen LogP contribution in [0.1, 0.15) is 18.2 Å². The van der Waals surface area contributed by atoms with Gasteiger partial charge in [-0.1, -0.05) is 13.0 Å². The Labute approximate surface area is 111 Å². The predicted octanol–water partition coefficient (Wildman–Crippen LogP) is 2.20. The molecule has 1 aromatic heterocycles. The van der Waals surface area contributed by atoms with Gasteiger partial charge in [-0.2, -0.15) is 5.10 Å². The summed E-state index contributed by atoms with van der Waals surface area (Å²) in [6.45, 7) is 5.32. The lowest BCUT2D eigenvalue weighted by molar-refractivity contribution is -0.385. The van der Waals surface area contributed by atoms with Gasteiger partial charge in [0.25, 0.3) is 5.69 Å². The first-order valence-corrected chi connectivity index (χ1v) is 6.12. The van der Waals surface area contributed by atoms with Gasteiger partial charge in [-0.05, 0) is 25.6 Å². The highest BCUT2D eigenvalue weighted by Crippen LogP contribution is 2.21. The van der Waals surface area contributed by atoms with Crippen molar-refractivity contribution in [2.75, 3.05) is 6.54 Å². The molecule has 0 unspecified atom stereocenters. The molecule has 0 spiro atoms. The molecule has 1 N–H and O–H groups in total. The lowest BCUT2D eigenvalue weighted by Gasteiger charge is -2.03. The van der Waals surface area contributed by atoms with Crippen molar-refractivity contribution in [3.8, 4) is 5.69 Å². The molecular formula is C13H16N4O2. The number of rotatable bonds is 5. The number of hydrogen-bond acceptors (Lipinski definition) is 4. The van der Waals surface area contributed by atoms with Gasteiger partial charge in [-0.15, -0.1) is 0 Å². The Bertz CT molecular complexity index is 592. The summed E-state index contributed by atoms with van der Waals surface area (Å²) in [4.78, 5) is 10.5. The second-order valence-corrected chi connectivity index (χ2v) is 4.26. The molecule has 0 atom stereocenters. The van der Waals surface area contributed by atoms with Crippen LogP contribution in [0.3, 0.4) is 0 Å². The van der Waals surface area contributed by atoms with Gasteiger partial charge in [0.15, 0.2) is 0 Å². The van der Waals surface area contributed by atoms with Crippen LogP contribution in [0, 0.1) is 17.0 Å². The van der Waals surface area contributed by atoms with Crippen LogP contribution in [0.2, 0.25) is 0 Å². The maximum atomic E-state index is 10.9. The topological polar surface area (TPSA) is 73.0 Å². The number of nitro benzene ring substituents is 1. The summed E-state index contributed by atoms with van der Waals surface area (Å²) in [5, 5.41) is 18.5. The Balaban J connectivity index is 2.29. The van der Waals surface area contributed by atoms with E-state index in [9.17, 15) is 10.1 Å². The van der Waals surface area contributed by atoms with Crippen LogP contribution < -0.4 is 5.32 Å². The summed E-state index contributed by atoms with van der Waals surface area (Å²) >= 11 is 0. The van der Waals surface area contributed by atoms with E-state index >= 15 is 0 Å². The number of aryl methyl sites for hydroxylation is 1. The normalized spacial score (nSPS) is 10.6. The number of nitro groups is 1. The molecule has 0 aliphatic heterocycles. The fourth-order valence-corrected chi connectivity index (χ4v) is 1.79. The number of nitrogens with zero attached hydrogens (tertiary/aromatic N) is 3. The van der Waals surface area contributed by atoms with Gasteiger partial charge in [0.1, 0.15) is 0 Å². The minimum absolute atomic E-state index is 0.112. The Morgan fingerprint density at radius 3 is 2.89 bits per heavy atom. The third-order valence-electron chi connectivity index (χ3n) is 2.85. The molecule has 0 aliphatic carbocycles. The largest absolute Gasteiger partial charge is 0.311 e. The maximum Gasteiger partial charge on any atom is 0.274 e. The van der Waals surface area contributed by atoms with Crippen LogP contribution in [0.25, 0.3) is 5.69 Å². The first-order valence-electron chi connectivity index (χ1n) is 6.12. The Morgan fingerprint density at radius 2 is 2.21 bits per heavy atom. The molecule has 2 rings (SSSR count). The zero-order valence-electron chi connectivity index (χ0n) is 11.0. The van der Waals surface area contributed by atoms with E-state index in [1.54, 1.807) is 29.9 Å². The van der Waals surface area contributed by atoms with Gasteiger partial charge in [-0.3, -0.25) is 10.1 Å². The van der Waals surface area contributed by atoms with Crippen molar-refractivity contribution in [1.82, 2.24) is 15.1 Å². The number of nitrogens with one attached hydrogen (secondary N) is 1. The van der Waals surface area contributed by atoms with Crippen molar-refractivity contribution in [2.24, 2.45) is 0 Å². The molecule has 1 heterocycles. The van der Waals surface area contributed by atoms with Crippen molar-refractivity contribution in [3.05, 3.63) is 51.8 Å². The number of benzene rings is 1. The molecular weight excluding hydrogens is 244 g/mol. The van der Waals surface area contributed by atoms with Gasteiger partial charge < -0.3 is 5.32 Å². The molecule has 6 heteroatoms. The highest BCUT2D eigenvalue weighted by Gasteiger charge is 2.12. The van der Waals surface area contributed by atoms with E-state index in [2.05, 4.69) is 10.4 Å². The summed E-state index contributed by atoms with van der Waals surface area (Å²) in [5.74, 6) is 0. The van der Waals surface area contributed by atoms with Crippen LogP contribution >= 0.6 is 0 Å². The van der Waals surface area contributed by atoms with Gasteiger partial charge in [-0.25, -0.2) is 4.68 Å². The third-order valence-corrected chi connectivity index (χ3v) is 2.85. The van der Waals surface area contributed by atoms with Crippen LogP contribution in [-0.4, -0.2) is 21.2 Å². The average molecular weight is 260 g/mol. The standard InChI is InChI=1S/C13H16N4O2/c1-3-14-9-11-6-7-16(15-11)12-5-4-10(2)13(8-12)17(18)19/h4-8,14H,3,9H2,1-2H3. The van der Waals surface area contributed by atoms with Crippen LogP contribution in [0.5, 0.6) is 0 Å². The van der Waals surface area contributed by atoms with Gasteiger partial charge in [0.05, 0.1) is 16.3 Å². The highest BCUT2D eigenvalue weighted by molar-refractivity contribution is 5.48. The molecule has 6 nitrogen and oxygen atoms in total. The second-order valence-electron chi connectivity index (χ2n) is 4.26. The summed E-state index contributed by atoms with van der Waals surface area (Å²) in [7, 11) is 0. The Kier molecular flexibility index (Phi) is 3.91. The summed E-state index contributed by atoms with van der Waals surface area (Å²) in [6.07, 6.45) is 1.81. The average Bonchev–Trinajstić information content (AvgIpc) is 2.85. The van der Waals surface area contributed by atoms with Gasteiger partial charge in [0.2, 0.25) is 0 Å². The maximum absolute atomic E-state index is 10.9. The monoisotopic (exact) mass is 260 g/mol. The quantitative estimate of drug-likeness (QED) is 0.660. The van der Waals surface area contributed by atoms with E-state index in [0.717, 1.165) is 12.2 Å².